The fraction of sp³-hybridized carbons (Fsp3) is 0.364. The van der Waals surface area contributed by atoms with Crippen LogP contribution in [0, 0.1) is 13.8 Å². The van der Waals surface area contributed by atoms with Crippen LogP contribution in [0.1, 0.15) is 34.8 Å². The molecule has 150 valence electrons. The van der Waals surface area contributed by atoms with Gasteiger partial charge in [0.05, 0.1) is 13.2 Å². The van der Waals surface area contributed by atoms with Crippen LogP contribution < -0.4 is 9.64 Å². The molecule has 1 heterocycles. The van der Waals surface area contributed by atoms with Crippen molar-refractivity contribution < 1.29 is 9.53 Å². The molecule has 0 radical (unpaired) electrons. The van der Waals surface area contributed by atoms with Crippen molar-refractivity contribution in [1.82, 2.24) is 0 Å². The van der Waals surface area contributed by atoms with E-state index in [0.717, 1.165) is 40.9 Å². The number of halogens is 1. The molecule has 2 aromatic carbocycles. The number of aliphatic imine (C=N–C) groups is 1. The van der Waals surface area contributed by atoms with Crippen molar-refractivity contribution in [3.63, 3.8) is 0 Å². The third-order valence-corrected chi connectivity index (χ3v) is 5.56. The summed E-state index contributed by atoms with van der Waals surface area (Å²) in [5.74, 6) is 1.90. The van der Waals surface area contributed by atoms with E-state index in [1.807, 2.05) is 31.2 Å². The molecule has 0 aliphatic carbocycles. The quantitative estimate of drug-likeness (QED) is 0.534. The molecule has 0 N–H and O–H groups in total. The number of nitrogens with zero attached hydrogens (tertiary/aromatic N) is 2. The summed E-state index contributed by atoms with van der Waals surface area (Å²) in [6, 6.07) is 13.7. The average molecular weight is 463 g/mol. The Labute approximate surface area is 182 Å². The van der Waals surface area contributed by atoms with Crippen LogP contribution in [0.5, 0.6) is 5.75 Å². The second-order valence-corrected chi connectivity index (χ2v) is 7.69. The normalized spacial score (nSPS) is 13.3. The first-order valence-corrected chi connectivity index (χ1v) is 10.3. The molecule has 0 saturated heterocycles. The van der Waals surface area contributed by atoms with Crippen molar-refractivity contribution in [3.05, 3.63) is 59.2 Å². The Kier molecular flexibility index (Phi) is 8.58. The van der Waals surface area contributed by atoms with Gasteiger partial charge in [-0.1, -0.05) is 23.9 Å². The minimum absolute atomic E-state index is 0. The Hall–Kier alpha value is -1.79. The molecular weight excluding hydrogens is 436 g/mol. The first-order chi connectivity index (χ1) is 13.1. The standard InChI is InChI=1S/C22H26N2O2S.BrH/c1-4-26-19-10-8-18(9-11-19)21(25)15-24(22-23-12-5-13-27-22)20-14-16(2)6-7-17(20)3;/h6-11,14H,4-5,12-13,15H2,1-3H3;1H. The number of Topliss-reactive ketones (excluding diaryl/α,β-unsaturated/α-hetero) is 1. The monoisotopic (exact) mass is 462 g/mol. The SMILES string of the molecule is Br.CCOc1ccc(C(=O)CN(C2=NCCCS2)c2cc(C)ccc2C)cc1. The van der Waals surface area contributed by atoms with Crippen molar-refractivity contribution in [2.75, 3.05) is 30.3 Å². The highest BCUT2D eigenvalue weighted by molar-refractivity contribution is 8.93. The maximum absolute atomic E-state index is 13.0. The summed E-state index contributed by atoms with van der Waals surface area (Å²) in [5.41, 5.74) is 4.07. The first-order valence-electron chi connectivity index (χ1n) is 9.36. The van der Waals surface area contributed by atoms with E-state index in [4.69, 9.17) is 9.73 Å². The topological polar surface area (TPSA) is 41.9 Å². The van der Waals surface area contributed by atoms with Gasteiger partial charge in [0.2, 0.25) is 0 Å². The molecule has 28 heavy (non-hydrogen) atoms. The third-order valence-electron chi connectivity index (χ3n) is 4.46. The summed E-state index contributed by atoms with van der Waals surface area (Å²) in [4.78, 5) is 19.8. The van der Waals surface area contributed by atoms with Gasteiger partial charge < -0.3 is 9.64 Å². The number of anilines is 1. The first kappa shape index (κ1) is 22.5. The van der Waals surface area contributed by atoms with E-state index < -0.39 is 0 Å². The van der Waals surface area contributed by atoms with Crippen molar-refractivity contribution >= 4 is 45.4 Å². The minimum Gasteiger partial charge on any atom is -0.494 e. The van der Waals surface area contributed by atoms with Gasteiger partial charge in [-0.15, -0.1) is 17.0 Å². The highest BCUT2D eigenvalue weighted by Gasteiger charge is 2.22. The van der Waals surface area contributed by atoms with Crippen molar-refractivity contribution in [1.29, 1.82) is 0 Å². The Morgan fingerprint density at radius 2 is 1.93 bits per heavy atom. The predicted octanol–water partition coefficient (Wildman–Crippen LogP) is 5.46. The molecule has 0 fully saturated rings. The Morgan fingerprint density at radius 1 is 1.18 bits per heavy atom. The summed E-state index contributed by atoms with van der Waals surface area (Å²) >= 11 is 1.73. The second kappa shape index (κ2) is 10.7. The smallest absolute Gasteiger partial charge is 0.182 e. The second-order valence-electron chi connectivity index (χ2n) is 6.62. The van der Waals surface area contributed by atoms with Crippen LogP contribution in [-0.2, 0) is 0 Å². The summed E-state index contributed by atoms with van der Waals surface area (Å²) in [7, 11) is 0. The van der Waals surface area contributed by atoms with Gasteiger partial charge in [0.1, 0.15) is 5.75 Å². The summed E-state index contributed by atoms with van der Waals surface area (Å²) in [6.45, 7) is 7.82. The molecule has 4 nitrogen and oxygen atoms in total. The van der Waals surface area contributed by atoms with Gasteiger partial charge in [-0.25, -0.2) is 0 Å². The van der Waals surface area contributed by atoms with Crippen LogP contribution in [-0.4, -0.2) is 36.4 Å². The van der Waals surface area contributed by atoms with Gasteiger partial charge in [0.25, 0.3) is 0 Å². The lowest BCUT2D eigenvalue weighted by Crippen LogP contribution is -2.36. The highest BCUT2D eigenvalue weighted by Crippen LogP contribution is 2.27. The van der Waals surface area contributed by atoms with Gasteiger partial charge in [-0.2, -0.15) is 0 Å². The number of thioether (sulfide) groups is 1. The lowest BCUT2D eigenvalue weighted by molar-refractivity contribution is 0.100. The van der Waals surface area contributed by atoms with Crippen LogP contribution in [0.2, 0.25) is 0 Å². The molecule has 0 saturated carbocycles. The largest absolute Gasteiger partial charge is 0.494 e. The van der Waals surface area contributed by atoms with Crippen LogP contribution in [0.3, 0.4) is 0 Å². The number of benzene rings is 2. The zero-order chi connectivity index (χ0) is 19.2. The maximum atomic E-state index is 13.0. The number of hydrogen-bond donors (Lipinski definition) is 0. The third kappa shape index (κ3) is 5.61. The predicted molar refractivity (Wildman–Crippen MR) is 125 cm³/mol. The number of carbonyl (C=O) groups is 1. The lowest BCUT2D eigenvalue weighted by atomic mass is 10.1. The molecule has 0 spiro atoms. The van der Waals surface area contributed by atoms with Gasteiger partial charge in [-0.3, -0.25) is 9.79 Å². The number of aryl methyl sites for hydroxylation is 2. The fourth-order valence-electron chi connectivity index (χ4n) is 3.02. The number of hydrogen-bond acceptors (Lipinski definition) is 5. The minimum atomic E-state index is 0. The highest BCUT2D eigenvalue weighted by atomic mass is 79.9. The molecule has 1 aliphatic heterocycles. The van der Waals surface area contributed by atoms with Crippen molar-refractivity contribution in [3.8, 4) is 5.75 Å². The van der Waals surface area contributed by atoms with Gasteiger partial charge in [0, 0.05) is 23.5 Å². The van der Waals surface area contributed by atoms with E-state index >= 15 is 0 Å². The van der Waals surface area contributed by atoms with Gasteiger partial charge >= 0.3 is 0 Å². The molecule has 2 aromatic rings. The average Bonchev–Trinajstić information content (AvgIpc) is 2.69. The van der Waals surface area contributed by atoms with Crippen molar-refractivity contribution in [2.45, 2.75) is 27.2 Å². The molecule has 6 heteroatoms. The van der Waals surface area contributed by atoms with E-state index in [2.05, 4.69) is 36.9 Å². The van der Waals surface area contributed by atoms with E-state index in [9.17, 15) is 4.79 Å². The maximum Gasteiger partial charge on any atom is 0.182 e. The number of carbonyl (C=O) groups excluding carboxylic acids is 1. The van der Waals surface area contributed by atoms with E-state index in [0.29, 0.717) is 12.2 Å². The zero-order valence-corrected chi connectivity index (χ0v) is 19.1. The molecule has 0 atom stereocenters. The molecule has 0 aromatic heterocycles. The Bertz CT molecular complexity index is 837. The summed E-state index contributed by atoms with van der Waals surface area (Å²) < 4.78 is 5.47. The van der Waals surface area contributed by atoms with Gasteiger partial charge in [-0.05, 0) is 68.7 Å². The number of ether oxygens (including phenoxy) is 1. The van der Waals surface area contributed by atoms with E-state index in [1.54, 1.807) is 11.8 Å². The van der Waals surface area contributed by atoms with Crippen LogP contribution in [0.25, 0.3) is 0 Å². The molecule has 0 unspecified atom stereocenters. The lowest BCUT2D eigenvalue weighted by Gasteiger charge is -2.28. The molecule has 0 bridgehead atoms. The van der Waals surface area contributed by atoms with Crippen molar-refractivity contribution in [2.24, 2.45) is 4.99 Å². The number of rotatable bonds is 6. The zero-order valence-electron chi connectivity index (χ0n) is 16.6. The van der Waals surface area contributed by atoms with E-state index in [1.165, 1.54) is 5.56 Å². The molecular formula is C22H27BrN2O2S. The van der Waals surface area contributed by atoms with Crippen LogP contribution in [0.15, 0.2) is 47.5 Å². The Morgan fingerprint density at radius 3 is 2.57 bits per heavy atom. The number of amidine groups is 1. The molecule has 0 amide bonds. The van der Waals surface area contributed by atoms with Crippen LogP contribution >= 0.6 is 28.7 Å². The number of ketones is 1. The summed E-state index contributed by atoms with van der Waals surface area (Å²) in [5, 5.41) is 0.939. The Balaban J connectivity index is 0.00000280. The van der Waals surface area contributed by atoms with Crippen LogP contribution in [0.4, 0.5) is 5.69 Å². The van der Waals surface area contributed by atoms with Gasteiger partial charge in [0.15, 0.2) is 11.0 Å². The summed E-state index contributed by atoms with van der Waals surface area (Å²) in [6.07, 6.45) is 1.08. The van der Waals surface area contributed by atoms with E-state index in [-0.39, 0.29) is 29.3 Å². The molecule has 1 aliphatic rings. The molecule has 3 rings (SSSR count). The fourth-order valence-corrected chi connectivity index (χ4v) is 3.97.